The van der Waals surface area contributed by atoms with E-state index in [0.717, 1.165) is 6.42 Å². The van der Waals surface area contributed by atoms with Crippen LogP contribution in [0, 0.1) is 11.3 Å². The van der Waals surface area contributed by atoms with Crippen LogP contribution in [0.25, 0.3) is 0 Å². The molecule has 1 aliphatic carbocycles. The molecule has 2 fully saturated rings. The number of hydrogen-bond acceptors (Lipinski definition) is 3. The zero-order valence-electron chi connectivity index (χ0n) is 9.46. The van der Waals surface area contributed by atoms with E-state index in [2.05, 4.69) is 0 Å². The van der Waals surface area contributed by atoms with Gasteiger partial charge in [-0.25, -0.2) is 0 Å². The molecule has 2 rings (SSSR count). The second-order valence-corrected chi connectivity index (χ2v) is 4.97. The van der Waals surface area contributed by atoms with E-state index in [1.807, 2.05) is 0 Å². The highest BCUT2D eigenvalue weighted by Gasteiger charge is 2.48. The Bertz CT molecular complexity index is 227. The van der Waals surface area contributed by atoms with Gasteiger partial charge < -0.3 is 9.47 Å². The maximum atomic E-state index is 11.7. The number of ether oxygens (including phenoxy) is 2. The SMILES string of the molecule is COC(=O)C1(CC2CCCCC2)COC1. The average Bonchev–Trinajstić information content (AvgIpc) is 2.24. The van der Waals surface area contributed by atoms with Crippen molar-refractivity contribution in [1.29, 1.82) is 0 Å². The Morgan fingerprint density at radius 3 is 2.47 bits per heavy atom. The Kier molecular flexibility index (Phi) is 3.29. The maximum Gasteiger partial charge on any atom is 0.316 e. The minimum Gasteiger partial charge on any atom is -0.468 e. The van der Waals surface area contributed by atoms with Crippen LogP contribution in [0.2, 0.25) is 0 Å². The van der Waals surface area contributed by atoms with E-state index >= 15 is 0 Å². The summed E-state index contributed by atoms with van der Waals surface area (Å²) in [5.74, 6) is 0.640. The van der Waals surface area contributed by atoms with Crippen molar-refractivity contribution in [3.63, 3.8) is 0 Å². The standard InChI is InChI=1S/C12H20O3/c1-14-11(13)12(8-15-9-12)7-10-5-3-2-4-6-10/h10H,2-9H2,1H3. The van der Waals surface area contributed by atoms with Crippen molar-refractivity contribution in [3.05, 3.63) is 0 Å². The van der Waals surface area contributed by atoms with E-state index in [9.17, 15) is 4.79 Å². The van der Waals surface area contributed by atoms with Crippen molar-refractivity contribution in [3.8, 4) is 0 Å². The molecule has 0 bridgehead atoms. The second-order valence-electron chi connectivity index (χ2n) is 4.97. The van der Waals surface area contributed by atoms with Crippen molar-refractivity contribution < 1.29 is 14.3 Å². The quantitative estimate of drug-likeness (QED) is 0.672. The van der Waals surface area contributed by atoms with Gasteiger partial charge in [-0.05, 0) is 12.3 Å². The lowest BCUT2D eigenvalue weighted by molar-refractivity contribution is -0.187. The normalized spacial score (nSPS) is 25.7. The smallest absolute Gasteiger partial charge is 0.316 e. The summed E-state index contributed by atoms with van der Waals surface area (Å²) in [5.41, 5.74) is -0.295. The highest BCUT2D eigenvalue weighted by molar-refractivity contribution is 5.78. The molecule has 0 radical (unpaired) electrons. The summed E-state index contributed by atoms with van der Waals surface area (Å²) in [6.07, 6.45) is 7.53. The first-order valence-electron chi connectivity index (χ1n) is 5.93. The molecule has 0 atom stereocenters. The van der Waals surface area contributed by atoms with Crippen LogP contribution in [0.3, 0.4) is 0 Å². The van der Waals surface area contributed by atoms with Gasteiger partial charge in [-0.15, -0.1) is 0 Å². The summed E-state index contributed by atoms with van der Waals surface area (Å²) in [6.45, 7) is 1.13. The molecule has 1 saturated carbocycles. The topological polar surface area (TPSA) is 35.5 Å². The molecule has 0 unspecified atom stereocenters. The minimum atomic E-state index is -0.295. The van der Waals surface area contributed by atoms with E-state index in [0.29, 0.717) is 19.1 Å². The predicted molar refractivity (Wildman–Crippen MR) is 56.5 cm³/mol. The third kappa shape index (κ3) is 2.17. The van der Waals surface area contributed by atoms with Gasteiger partial charge in [-0.2, -0.15) is 0 Å². The van der Waals surface area contributed by atoms with E-state index in [1.54, 1.807) is 0 Å². The summed E-state index contributed by atoms with van der Waals surface area (Å²) in [5, 5.41) is 0. The Morgan fingerprint density at radius 2 is 2.00 bits per heavy atom. The largest absolute Gasteiger partial charge is 0.468 e. The van der Waals surface area contributed by atoms with E-state index < -0.39 is 0 Å². The van der Waals surface area contributed by atoms with Gasteiger partial charge in [0.2, 0.25) is 0 Å². The zero-order chi connectivity index (χ0) is 10.7. The van der Waals surface area contributed by atoms with Crippen LogP contribution in [-0.4, -0.2) is 26.3 Å². The van der Waals surface area contributed by atoms with Crippen LogP contribution in [0.15, 0.2) is 0 Å². The number of esters is 1. The lowest BCUT2D eigenvalue weighted by atomic mass is 9.73. The van der Waals surface area contributed by atoms with E-state index in [-0.39, 0.29) is 11.4 Å². The maximum absolute atomic E-state index is 11.7. The van der Waals surface area contributed by atoms with Gasteiger partial charge in [0.1, 0.15) is 5.41 Å². The molecule has 0 amide bonds. The molecular weight excluding hydrogens is 192 g/mol. The highest BCUT2D eigenvalue weighted by Crippen LogP contribution is 2.40. The molecular formula is C12H20O3. The van der Waals surface area contributed by atoms with E-state index in [1.165, 1.54) is 39.2 Å². The number of rotatable bonds is 3. The fourth-order valence-electron chi connectivity index (χ4n) is 2.83. The molecule has 3 heteroatoms. The number of hydrogen-bond donors (Lipinski definition) is 0. The molecule has 2 aliphatic rings. The van der Waals surface area contributed by atoms with Gasteiger partial charge in [0.05, 0.1) is 20.3 Å². The molecule has 0 aromatic heterocycles. The fourth-order valence-corrected chi connectivity index (χ4v) is 2.83. The van der Waals surface area contributed by atoms with Crippen molar-refractivity contribution >= 4 is 5.97 Å². The Labute approximate surface area is 91.1 Å². The minimum absolute atomic E-state index is 0.0701. The van der Waals surface area contributed by atoms with Gasteiger partial charge in [0, 0.05) is 0 Å². The lowest BCUT2D eigenvalue weighted by Gasteiger charge is -2.41. The highest BCUT2D eigenvalue weighted by atomic mass is 16.5. The predicted octanol–water partition coefficient (Wildman–Crippen LogP) is 2.15. The van der Waals surface area contributed by atoms with Crippen molar-refractivity contribution in [2.24, 2.45) is 11.3 Å². The number of carbonyl (C=O) groups is 1. The third-order valence-electron chi connectivity index (χ3n) is 3.78. The average molecular weight is 212 g/mol. The first kappa shape index (κ1) is 10.9. The van der Waals surface area contributed by atoms with Crippen LogP contribution >= 0.6 is 0 Å². The third-order valence-corrected chi connectivity index (χ3v) is 3.78. The molecule has 15 heavy (non-hydrogen) atoms. The lowest BCUT2D eigenvalue weighted by Crippen LogP contribution is -2.50. The van der Waals surface area contributed by atoms with Crippen LogP contribution < -0.4 is 0 Å². The van der Waals surface area contributed by atoms with Gasteiger partial charge in [0.15, 0.2) is 0 Å². The second kappa shape index (κ2) is 4.52. The molecule has 3 nitrogen and oxygen atoms in total. The first-order chi connectivity index (χ1) is 7.27. The first-order valence-corrected chi connectivity index (χ1v) is 5.93. The van der Waals surface area contributed by atoms with Crippen LogP contribution in [0.4, 0.5) is 0 Å². The summed E-state index contributed by atoms with van der Waals surface area (Å²) in [7, 11) is 1.48. The monoisotopic (exact) mass is 212 g/mol. The fraction of sp³-hybridized carbons (Fsp3) is 0.917. The molecule has 0 aromatic carbocycles. The molecule has 86 valence electrons. The Hall–Kier alpha value is -0.570. The van der Waals surface area contributed by atoms with Gasteiger partial charge in [-0.1, -0.05) is 32.1 Å². The van der Waals surface area contributed by atoms with Crippen LogP contribution in [-0.2, 0) is 14.3 Å². The van der Waals surface area contributed by atoms with E-state index in [4.69, 9.17) is 9.47 Å². The summed E-state index contributed by atoms with van der Waals surface area (Å²) < 4.78 is 10.1. The Balaban J connectivity index is 1.92. The summed E-state index contributed by atoms with van der Waals surface area (Å²) >= 11 is 0. The Morgan fingerprint density at radius 1 is 1.33 bits per heavy atom. The summed E-state index contributed by atoms with van der Waals surface area (Å²) in [4.78, 5) is 11.7. The molecule has 0 aromatic rings. The van der Waals surface area contributed by atoms with Gasteiger partial charge in [-0.3, -0.25) is 4.79 Å². The van der Waals surface area contributed by atoms with Crippen molar-refractivity contribution in [1.82, 2.24) is 0 Å². The number of methoxy groups -OCH3 is 1. The molecule has 1 aliphatic heterocycles. The zero-order valence-corrected chi connectivity index (χ0v) is 9.46. The molecule has 0 N–H and O–H groups in total. The number of carbonyl (C=O) groups excluding carboxylic acids is 1. The van der Waals surface area contributed by atoms with Crippen LogP contribution in [0.1, 0.15) is 38.5 Å². The molecule has 0 spiro atoms. The van der Waals surface area contributed by atoms with Gasteiger partial charge >= 0.3 is 5.97 Å². The molecule has 1 saturated heterocycles. The summed E-state index contributed by atoms with van der Waals surface area (Å²) in [6, 6.07) is 0. The van der Waals surface area contributed by atoms with Crippen molar-refractivity contribution in [2.75, 3.05) is 20.3 Å². The van der Waals surface area contributed by atoms with Crippen molar-refractivity contribution in [2.45, 2.75) is 38.5 Å². The van der Waals surface area contributed by atoms with Gasteiger partial charge in [0.25, 0.3) is 0 Å². The molecule has 1 heterocycles. The van der Waals surface area contributed by atoms with Crippen LogP contribution in [0.5, 0.6) is 0 Å².